The molecule has 0 aromatic carbocycles. The lowest BCUT2D eigenvalue weighted by molar-refractivity contribution is -0.122. The highest BCUT2D eigenvalue weighted by molar-refractivity contribution is 6.21. The van der Waals surface area contributed by atoms with Crippen LogP contribution in [-0.2, 0) is 9.53 Å². The zero-order valence-electron chi connectivity index (χ0n) is 22.9. The number of nitrogens with one attached hydrogen (secondary N) is 4. The number of rotatable bonds is 10. The molecule has 2 saturated carbocycles. The smallest absolute Gasteiger partial charge is 0.220 e. The molecule has 2 aliphatic carbocycles. The molecule has 0 aromatic heterocycles. The van der Waals surface area contributed by atoms with Crippen LogP contribution in [-0.4, -0.2) is 92.8 Å². The molecule has 4 fully saturated rings. The van der Waals surface area contributed by atoms with E-state index in [1.54, 1.807) is 0 Å². The van der Waals surface area contributed by atoms with Crippen LogP contribution in [0.25, 0.3) is 0 Å². The van der Waals surface area contributed by atoms with Crippen LogP contribution in [0.2, 0.25) is 0 Å². The highest BCUT2D eigenvalue weighted by atomic mass is 35.5. The largest absolute Gasteiger partial charge is 0.377 e. The molecule has 9 atom stereocenters. The van der Waals surface area contributed by atoms with E-state index in [1.807, 2.05) is 0 Å². The van der Waals surface area contributed by atoms with Gasteiger partial charge in [0.05, 0.1) is 18.1 Å². The lowest BCUT2D eigenvalue weighted by atomic mass is 9.74. The lowest BCUT2D eigenvalue weighted by Crippen LogP contribution is -2.61. The van der Waals surface area contributed by atoms with Crippen LogP contribution in [0.3, 0.4) is 0 Å². The van der Waals surface area contributed by atoms with Gasteiger partial charge >= 0.3 is 0 Å². The third-order valence-electron chi connectivity index (χ3n) is 9.25. The molecule has 2 heterocycles. The number of carbonyl (C=O) groups is 1. The second-order valence-electron chi connectivity index (χ2n) is 12.3. The summed E-state index contributed by atoms with van der Waals surface area (Å²) in [6.07, 6.45) is 11.9. The van der Waals surface area contributed by atoms with Crippen molar-refractivity contribution in [2.75, 3.05) is 40.3 Å². The van der Waals surface area contributed by atoms with Crippen LogP contribution in [0.4, 0.5) is 0 Å². The van der Waals surface area contributed by atoms with E-state index in [2.05, 4.69) is 47.2 Å². The SMILES string of the molecule is CC1CCCNC1COC1CCC(NC2CCNC3CCC(NC(=O)CCCN(C)C)CC32)C(Cl)C1. The molecule has 4 aliphatic rings. The van der Waals surface area contributed by atoms with E-state index in [0.717, 1.165) is 77.6 Å². The van der Waals surface area contributed by atoms with Crippen molar-refractivity contribution in [3.8, 4) is 0 Å². The first-order valence-electron chi connectivity index (χ1n) is 14.8. The summed E-state index contributed by atoms with van der Waals surface area (Å²) in [6.45, 7) is 6.30. The molecule has 9 unspecified atom stereocenters. The van der Waals surface area contributed by atoms with Gasteiger partial charge in [-0.1, -0.05) is 6.92 Å². The van der Waals surface area contributed by atoms with Gasteiger partial charge in [0.1, 0.15) is 0 Å². The van der Waals surface area contributed by atoms with Crippen LogP contribution >= 0.6 is 11.6 Å². The van der Waals surface area contributed by atoms with Crippen molar-refractivity contribution in [2.24, 2.45) is 11.8 Å². The van der Waals surface area contributed by atoms with Gasteiger partial charge in [-0.3, -0.25) is 4.79 Å². The van der Waals surface area contributed by atoms with Gasteiger partial charge < -0.3 is 30.9 Å². The first kappa shape index (κ1) is 28.6. The maximum absolute atomic E-state index is 12.5. The normalized spacial score (nSPS) is 39.5. The summed E-state index contributed by atoms with van der Waals surface area (Å²) in [5.74, 6) is 1.46. The fraction of sp³-hybridized carbons (Fsp3) is 0.964. The molecule has 7 nitrogen and oxygen atoms in total. The van der Waals surface area contributed by atoms with Crippen LogP contribution in [0.15, 0.2) is 0 Å². The van der Waals surface area contributed by atoms with Crippen LogP contribution < -0.4 is 21.3 Å². The van der Waals surface area contributed by atoms with Crippen molar-refractivity contribution in [1.29, 1.82) is 0 Å². The highest BCUT2D eigenvalue weighted by Gasteiger charge is 2.41. The number of piperidine rings is 2. The van der Waals surface area contributed by atoms with E-state index >= 15 is 0 Å². The van der Waals surface area contributed by atoms with Crippen molar-refractivity contribution in [1.82, 2.24) is 26.2 Å². The van der Waals surface area contributed by atoms with Crippen LogP contribution in [0, 0.1) is 11.8 Å². The first-order chi connectivity index (χ1) is 17.4. The molecule has 0 spiro atoms. The third-order valence-corrected chi connectivity index (χ3v) is 9.73. The van der Waals surface area contributed by atoms with E-state index in [-0.39, 0.29) is 17.4 Å². The standard InChI is InChI=1S/C28H52ClN5O2/c1-19-6-4-13-30-27(19)18-36-21-9-11-26(23(29)17-21)33-25-12-14-31-24-10-8-20(16-22(24)25)32-28(35)7-5-15-34(2)3/h19-27,30-31,33H,4-18H2,1-3H3,(H,32,35). The topological polar surface area (TPSA) is 77.7 Å². The van der Waals surface area contributed by atoms with Gasteiger partial charge in [-0.05, 0) is 110 Å². The van der Waals surface area contributed by atoms with E-state index in [4.69, 9.17) is 16.3 Å². The molecule has 36 heavy (non-hydrogen) atoms. The summed E-state index contributed by atoms with van der Waals surface area (Å²) in [7, 11) is 4.12. The summed E-state index contributed by atoms with van der Waals surface area (Å²) >= 11 is 6.96. The number of hydrogen-bond acceptors (Lipinski definition) is 6. The van der Waals surface area contributed by atoms with Crippen molar-refractivity contribution < 1.29 is 9.53 Å². The first-order valence-corrected chi connectivity index (χ1v) is 15.2. The Kier molecular flexibility index (Phi) is 11.2. The van der Waals surface area contributed by atoms with E-state index in [1.165, 1.54) is 12.8 Å². The second kappa shape index (κ2) is 14.1. The molecule has 4 rings (SSSR count). The zero-order valence-corrected chi connectivity index (χ0v) is 23.7. The molecular weight excluding hydrogens is 474 g/mol. The Morgan fingerprint density at radius 2 is 1.89 bits per heavy atom. The second-order valence-corrected chi connectivity index (χ2v) is 12.9. The number of fused-ring (bicyclic) bond motifs is 1. The van der Waals surface area contributed by atoms with Gasteiger partial charge in [0.15, 0.2) is 0 Å². The van der Waals surface area contributed by atoms with Crippen LogP contribution in [0.5, 0.6) is 0 Å². The minimum atomic E-state index is 0.115. The number of nitrogens with zero attached hydrogens (tertiary/aromatic N) is 1. The highest BCUT2D eigenvalue weighted by Crippen LogP contribution is 2.34. The van der Waals surface area contributed by atoms with Gasteiger partial charge in [-0.2, -0.15) is 0 Å². The predicted octanol–water partition coefficient (Wildman–Crippen LogP) is 2.87. The molecule has 4 N–H and O–H groups in total. The van der Waals surface area contributed by atoms with Crippen molar-refractivity contribution in [2.45, 2.75) is 119 Å². The van der Waals surface area contributed by atoms with Crippen LogP contribution in [0.1, 0.15) is 77.6 Å². The molecule has 8 heteroatoms. The molecular formula is C28H52ClN5O2. The molecule has 2 saturated heterocycles. The summed E-state index contributed by atoms with van der Waals surface area (Å²) in [6, 6.07) is 2.16. The average Bonchev–Trinajstić information content (AvgIpc) is 2.85. The molecule has 1 amide bonds. The molecule has 0 radical (unpaired) electrons. The van der Waals surface area contributed by atoms with E-state index in [0.29, 0.717) is 48.5 Å². The average molecular weight is 526 g/mol. The predicted molar refractivity (Wildman–Crippen MR) is 148 cm³/mol. The Morgan fingerprint density at radius 1 is 1.03 bits per heavy atom. The zero-order chi connectivity index (χ0) is 25.5. The Morgan fingerprint density at radius 3 is 2.67 bits per heavy atom. The summed E-state index contributed by atoms with van der Waals surface area (Å²) in [5.41, 5.74) is 0. The number of carbonyl (C=O) groups excluding carboxylic acids is 1. The van der Waals surface area contributed by atoms with Gasteiger partial charge in [0.25, 0.3) is 0 Å². The van der Waals surface area contributed by atoms with E-state index < -0.39 is 0 Å². The summed E-state index contributed by atoms with van der Waals surface area (Å²) in [5, 5.41) is 14.9. The quantitative estimate of drug-likeness (QED) is 0.329. The Labute approximate surface area is 224 Å². The maximum atomic E-state index is 12.5. The molecule has 2 aliphatic heterocycles. The Balaban J connectivity index is 1.21. The maximum Gasteiger partial charge on any atom is 0.220 e. The Bertz CT molecular complexity index is 682. The minimum absolute atomic E-state index is 0.115. The number of alkyl halides is 1. The van der Waals surface area contributed by atoms with Gasteiger partial charge in [0, 0.05) is 36.6 Å². The fourth-order valence-corrected chi connectivity index (χ4v) is 7.40. The number of ether oxygens (including phenoxy) is 1. The van der Waals surface area contributed by atoms with Gasteiger partial charge in [-0.25, -0.2) is 0 Å². The third kappa shape index (κ3) is 8.28. The molecule has 0 bridgehead atoms. The number of amides is 1. The summed E-state index contributed by atoms with van der Waals surface area (Å²) in [4.78, 5) is 14.6. The fourth-order valence-electron chi connectivity index (χ4n) is 7.01. The molecule has 208 valence electrons. The summed E-state index contributed by atoms with van der Waals surface area (Å²) < 4.78 is 6.35. The van der Waals surface area contributed by atoms with Gasteiger partial charge in [0.2, 0.25) is 5.91 Å². The van der Waals surface area contributed by atoms with Crippen molar-refractivity contribution in [3.63, 3.8) is 0 Å². The Hall–Kier alpha value is -0.440. The van der Waals surface area contributed by atoms with E-state index in [9.17, 15) is 4.79 Å². The van der Waals surface area contributed by atoms with Crippen molar-refractivity contribution >= 4 is 17.5 Å². The monoisotopic (exact) mass is 525 g/mol. The number of hydrogen-bond donors (Lipinski definition) is 4. The van der Waals surface area contributed by atoms with Crippen molar-refractivity contribution in [3.05, 3.63) is 0 Å². The molecule has 0 aromatic rings. The lowest BCUT2D eigenvalue weighted by Gasteiger charge is -2.47. The minimum Gasteiger partial charge on any atom is -0.377 e. The van der Waals surface area contributed by atoms with Gasteiger partial charge in [-0.15, -0.1) is 11.6 Å². The number of halogens is 1.